The maximum absolute atomic E-state index is 12.1. The van der Waals surface area contributed by atoms with Crippen molar-refractivity contribution < 1.29 is 9.53 Å². The topological polar surface area (TPSA) is 64.7 Å². The molecule has 0 saturated carbocycles. The zero-order chi connectivity index (χ0) is 18.7. The number of carbonyl (C=O) groups excluding carboxylic acids is 1. The van der Waals surface area contributed by atoms with E-state index in [2.05, 4.69) is 39.7 Å². The molecule has 3 rings (SSSR count). The van der Waals surface area contributed by atoms with Crippen molar-refractivity contribution in [3.8, 4) is 5.88 Å². The first-order chi connectivity index (χ1) is 12.5. The second-order valence-electron chi connectivity index (χ2n) is 6.92. The molecule has 142 valence electrons. The van der Waals surface area contributed by atoms with Crippen LogP contribution in [0, 0.1) is 0 Å². The molecule has 26 heavy (non-hydrogen) atoms. The van der Waals surface area contributed by atoms with E-state index in [4.69, 9.17) is 4.74 Å². The zero-order valence-electron chi connectivity index (χ0n) is 16.2. The predicted octanol–water partition coefficient (Wildman–Crippen LogP) is 2.93. The van der Waals surface area contributed by atoms with Crippen LogP contribution in [0.3, 0.4) is 0 Å². The fourth-order valence-electron chi connectivity index (χ4n) is 3.33. The predicted molar refractivity (Wildman–Crippen MR) is 104 cm³/mol. The summed E-state index contributed by atoms with van der Waals surface area (Å²) in [5.41, 5.74) is 0.872. The van der Waals surface area contributed by atoms with Crippen LogP contribution in [0.5, 0.6) is 5.88 Å². The first-order valence-electron chi connectivity index (χ1n) is 9.46. The average molecular weight is 359 g/mol. The maximum Gasteiger partial charge on any atom is 0.416 e. The van der Waals surface area contributed by atoms with E-state index in [1.165, 1.54) is 0 Å². The van der Waals surface area contributed by atoms with Gasteiger partial charge in [0.2, 0.25) is 5.88 Å². The summed E-state index contributed by atoms with van der Waals surface area (Å²) in [7, 11) is 0. The van der Waals surface area contributed by atoms with Gasteiger partial charge in [0.1, 0.15) is 5.82 Å². The molecular formula is C19H29N5O2. The number of carbonyl (C=O) groups is 1. The number of hydrogen-bond donors (Lipinski definition) is 1. The number of amides is 1. The van der Waals surface area contributed by atoms with Crippen LogP contribution in [-0.4, -0.2) is 71.2 Å². The van der Waals surface area contributed by atoms with Crippen molar-refractivity contribution in [2.45, 2.75) is 33.7 Å². The van der Waals surface area contributed by atoms with Gasteiger partial charge < -0.3 is 19.5 Å². The van der Waals surface area contributed by atoms with Crippen LogP contribution in [-0.2, 0) is 0 Å². The number of piperazine rings is 1. The molecule has 1 aliphatic heterocycles. The van der Waals surface area contributed by atoms with E-state index < -0.39 is 0 Å². The fourth-order valence-corrected chi connectivity index (χ4v) is 3.33. The summed E-state index contributed by atoms with van der Waals surface area (Å²) in [6, 6.07) is 4.51. The lowest BCUT2D eigenvalue weighted by Gasteiger charge is -2.37. The van der Waals surface area contributed by atoms with Crippen molar-refractivity contribution in [2.24, 2.45) is 0 Å². The van der Waals surface area contributed by atoms with E-state index in [9.17, 15) is 4.79 Å². The Labute approximate surface area is 154 Å². The lowest BCUT2D eigenvalue weighted by atomic mass is 10.2. The van der Waals surface area contributed by atoms with Gasteiger partial charge in [-0.1, -0.05) is 0 Å². The Bertz CT molecular complexity index is 745. The number of ether oxygens (including phenoxy) is 1. The second kappa shape index (κ2) is 7.95. The minimum atomic E-state index is -0.334. The van der Waals surface area contributed by atoms with Crippen LogP contribution < -0.4 is 9.64 Å². The molecule has 1 amide bonds. The lowest BCUT2D eigenvalue weighted by molar-refractivity contribution is 0.156. The highest BCUT2D eigenvalue weighted by molar-refractivity contribution is 5.84. The maximum atomic E-state index is 12.1. The van der Waals surface area contributed by atoms with Gasteiger partial charge in [-0.15, -0.1) is 0 Å². The molecule has 0 aliphatic carbocycles. The standard InChI is InChI=1S/C19H29N5O2/c1-5-22(6-2)19(25)26-18-12-15-11-17(20-13-16(15)21-18)24-9-7-23(8-10-24)14(3)4/h11-14,21H,5-10H2,1-4H3. The quantitative estimate of drug-likeness (QED) is 0.889. The number of fused-ring (bicyclic) bond motifs is 1. The minimum Gasteiger partial charge on any atom is -0.393 e. The minimum absolute atomic E-state index is 0.334. The largest absolute Gasteiger partial charge is 0.416 e. The Hall–Kier alpha value is -2.28. The molecule has 1 N–H and O–H groups in total. The molecule has 0 bridgehead atoms. The van der Waals surface area contributed by atoms with Crippen molar-refractivity contribution in [3.05, 3.63) is 18.3 Å². The number of aromatic amines is 1. The third kappa shape index (κ3) is 3.93. The average Bonchev–Trinajstić information content (AvgIpc) is 3.04. The van der Waals surface area contributed by atoms with E-state index >= 15 is 0 Å². The summed E-state index contributed by atoms with van der Waals surface area (Å²) in [4.78, 5) is 26.3. The molecule has 1 aliphatic rings. The van der Waals surface area contributed by atoms with Crippen LogP contribution in [0.4, 0.5) is 10.6 Å². The molecule has 7 heteroatoms. The zero-order valence-corrected chi connectivity index (χ0v) is 16.2. The van der Waals surface area contributed by atoms with Crippen LogP contribution in [0.2, 0.25) is 0 Å². The molecular weight excluding hydrogens is 330 g/mol. The number of H-pyrrole nitrogens is 1. The summed E-state index contributed by atoms with van der Waals surface area (Å²) in [6.07, 6.45) is 1.48. The fraction of sp³-hybridized carbons (Fsp3) is 0.579. The molecule has 0 atom stereocenters. The molecule has 0 spiro atoms. The van der Waals surface area contributed by atoms with Crippen LogP contribution in [0.25, 0.3) is 10.9 Å². The smallest absolute Gasteiger partial charge is 0.393 e. The number of hydrogen-bond acceptors (Lipinski definition) is 5. The third-order valence-corrected chi connectivity index (χ3v) is 5.05. The van der Waals surface area contributed by atoms with E-state index in [1.54, 1.807) is 4.90 Å². The van der Waals surface area contributed by atoms with Gasteiger partial charge in [-0.2, -0.15) is 0 Å². The number of pyridine rings is 1. The summed E-state index contributed by atoms with van der Waals surface area (Å²) in [5, 5.41) is 1.00. The summed E-state index contributed by atoms with van der Waals surface area (Å²) < 4.78 is 5.45. The van der Waals surface area contributed by atoms with Gasteiger partial charge in [-0.3, -0.25) is 4.90 Å². The molecule has 2 aromatic rings. The molecule has 3 heterocycles. The van der Waals surface area contributed by atoms with Crippen molar-refractivity contribution in [1.29, 1.82) is 0 Å². The Balaban J connectivity index is 1.71. The molecule has 2 aromatic heterocycles. The van der Waals surface area contributed by atoms with Crippen LogP contribution in [0.15, 0.2) is 18.3 Å². The second-order valence-corrected chi connectivity index (χ2v) is 6.92. The van der Waals surface area contributed by atoms with Crippen molar-refractivity contribution in [2.75, 3.05) is 44.2 Å². The van der Waals surface area contributed by atoms with Crippen molar-refractivity contribution in [1.82, 2.24) is 19.8 Å². The molecule has 1 fully saturated rings. The van der Waals surface area contributed by atoms with Gasteiger partial charge in [-0.25, -0.2) is 9.78 Å². The van der Waals surface area contributed by atoms with Gasteiger partial charge in [-0.05, 0) is 33.8 Å². The Morgan fingerprint density at radius 3 is 2.54 bits per heavy atom. The van der Waals surface area contributed by atoms with Gasteiger partial charge in [0, 0.05) is 56.8 Å². The van der Waals surface area contributed by atoms with Crippen molar-refractivity contribution in [3.63, 3.8) is 0 Å². The van der Waals surface area contributed by atoms with E-state index in [0.717, 1.165) is 42.9 Å². The normalized spacial score (nSPS) is 15.7. The highest BCUT2D eigenvalue weighted by Gasteiger charge is 2.20. The highest BCUT2D eigenvalue weighted by atomic mass is 16.6. The number of nitrogens with zero attached hydrogens (tertiary/aromatic N) is 4. The van der Waals surface area contributed by atoms with Crippen LogP contribution in [0.1, 0.15) is 27.7 Å². The SMILES string of the molecule is CCN(CC)C(=O)Oc1cc2cc(N3CCN(C(C)C)CC3)ncc2[nH]1. The van der Waals surface area contributed by atoms with Crippen molar-refractivity contribution >= 4 is 22.8 Å². The van der Waals surface area contributed by atoms with E-state index in [1.807, 2.05) is 26.1 Å². The third-order valence-electron chi connectivity index (χ3n) is 5.05. The molecule has 7 nitrogen and oxygen atoms in total. The number of aromatic nitrogens is 2. The highest BCUT2D eigenvalue weighted by Crippen LogP contribution is 2.25. The lowest BCUT2D eigenvalue weighted by Crippen LogP contribution is -2.49. The molecule has 0 radical (unpaired) electrons. The van der Waals surface area contributed by atoms with E-state index in [0.29, 0.717) is 25.0 Å². The number of nitrogens with one attached hydrogen (secondary N) is 1. The summed E-state index contributed by atoms with van der Waals surface area (Å²) >= 11 is 0. The monoisotopic (exact) mass is 359 g/mol. The molecule has 1 saturated heterocycles. The Kier molecular flexibility index (Phi) is 5.66. The van der Waals surface area contributed by atoms with Crippen LogP contribution >= 0.6 is 0 Å². The Morgan fingerprint density at radius 2 is 1.92 bits per heavy atom. The Morgan fingerprint density at radius 1 is 1.23 bits per heavy atom. The first-order valence-corrected chi connectivity index (χ1v) is 9.46. The molecule has 0 unspecified atom stereocenters. The van der Waals surface area contributed by atoms with Gasteiger partial charge in [0.25, 0.3) is 0 Å². The number of anilines is 1. The van der Waals surface area contributed by atoms with Gasteiger partial charge in [0.15, 0.2) is 0 Å². The van der Waals surface area contributed by atoms with Gasteiger partial charge in [0.05, 0.1) is 11.7 Å². The first kappa shape index (κ1) is 18.5. The summed E-state index contributed by atoms with van der Waals surface area (Å²) in [5.74, 6) is 1.43. The summed E-state index contributed by atoms with van der Waals surface area (Å²) in [6.45, 7) is 13.7. The van der Waals surface area contributed by atoms with E-state index in [-0.39, 0.29) is 6.09 Å². The van der Waals surface area contributed by atoms with Gasteiger partial charge >= 0.3 is 6.09 Å². The number of rotatable bonds is 5. The molecule has 0 aromatic carbocycles.